The highest BCUT2D eigenvalue weighted by atomic mass is 16.7. The number of nitrogens with zero attached hydrogens (tertiary/aromatic N) is 3. The largest absolute Gasteiger partial charge is 0.389 e. The Balaban J connectivity index is 1.41. The van der Waals surface area contributed by atoms with E-state index >= 15 is 0 Å². The lowest BCUT2D eigenvalue weighted by Gasteiger charge is -2.12. The molecule has 0 radical (unpaired) electrons. The first-order valence-electron chi connectivity index (χ1n) is 9.17. The van der Waals surface area contributed by atoms with Crippen molar-refractivity contribution in [2.24, 2.45) is 10.7 Å². The average Bonchev–Trinajstić information content (AvgIpc) is 3.13. The predicted molar refractivity (Wildman–Crippen MR) is 105 cm³/mol. The van der Waals surface area contributed by atoms with E-state index in [1.165, 1.54) is 0 Å². The summed E-state index contributed by atoms with van der Waals surface area (Å²) in [4.78, 5) is 27.1. The second-order valence-corrected chi connectivity index (χ2v) is 7.31. The zero-order valence-corrected chi connectivity index (χ0v) is 15.3. The van der Waals surface area contributed by atoms with Gasteiger partial charge < -0.3 is 15.9 Å². The minimum absolute atomic E-state index is 0.224. The monoisotopic (exact) mass is 376 g/mol. The van der Waals surface area contributed by atoms with Crippen molar-refractivity contribution in [2.45, 2.75) is 31.5 Å². The maximum absolute atomic E-state index is 12.8. The molecule has 1 fully saturated rings. The number of pyridine rings is 1. The molecule has 3 aromatic rings. The van der Waals surface area contributed by atoms with Crippen LogP contribution < -0.4 is 16.5 Å². The van der Waals surface area contributed by atoms with E-state index in [1.807, 2.05) is 49.5 Å². The molecule has 2 aliphatic rings. The summed E-state index contributed by atoms with van der Waals surface area (Å²) in [5.74, 6) is 0.326. The van der Waals surface area contributed by atoms with Gasteiger partial charge in [0.05, 0.1) is 11.7 Å². The number of carbonyl (C=O) groups excluding carboxylic acids is 1. The standard InChI is InChI=1S/C20H20N6O2/c1-12-5-6-13(17-24-19(28-25-17)20(21)7-8-20)10-14(12)23-18(27)15-11-22-16-4-2-3-9-26(15)16/h2-6,9-11,17,25H,7-8,21H2,1H3,(H,23,27). The number of aliphatic imine (C=N–C) groups is 1. The highest BCUT2D eigenvalue weighted by molar-refractivity contribution is 6.04. The second kappa shape index (κ2) is 6.15. The molecule has 1 aliphatic heterocycles. The van der Waals surface area contributed by atoms with Crippen LogP contribution in [0, 0.1) is 6.92 Å². The van der Waals surface area contributed by atoms with Crippen LogP contribution in [0.25, 0.3) is 5.65 Å². The number of nitrogens with one attached hydrogen (secondary N) is 2. The first-order valence-corrected chi connectivity index (χ1v) is 9.17. The predicted octanol–water partition coefficient (Wildman–Crippen LogP) is 2.32. The molecule has 1 atom stereocenters. The number of aromatic nitrogens is 2. The normalized spacial score (nSPS) is 19.9. The summed E-state index contributed by atoms with van der Waals surface area (Å²) in [6, 6.07) is 11.4. The molecule has 8 nitrogen and oxygen atoms in total. The lowest BCUT2D eigenvalue weighted by atomic mass is 10.1. The zero-order valence-electron chi connectivity index (χ0n) is 15.3. The van der Waals surface area contributed by atoms with Gasteiger partial charge in [-0.3, -0.25) is 9.20 Å². The van der Waals surface area contributed by atoms with Crippen LogP contribution in [-0.2, 0) is 4.84 Å². The van der Waals surface area contributed by atoms with Crippen molar-refractivity contribution in [3.63, 3.8) is 0 Å². The third-order valence-corrected chi connectivity index (χ3v) is 5.20. The van der Waals surface area contributed by atoms with E-state index in [-0.39, 0.29) is 12.1 Å². The summed E-state index contributed by atoms with van der Waals surface area (Å²) in [6.07, 6.45) is 4.81. The van der Waals surface area contributed by atoms with Crippen molar-refractivity contribution >= 4 is 23.1 Å². The number of fused-ring (bicyclic) bond motifs is 1. The average molecular weight is 376 g/mol. The molecule has 4 N–H and O–H groups in total. The summed E-state index contributed by atoms with van der Waals surface area (Å²) in [6.45, 7) is 1.94. The van der Waals surface area contributed by atoms with Crippen LogP contribution in [-0.4, -0.2) is 26.7 Å². The molecule has 2 aromatic heterocycles. The van der Waals surface area contributed by atoms with Gasteiger partial charge in [-0.1, -0.05) is 18.2 Å². The lowest BCUT2D eigenvalue weighted by Crippen LogP contribution is -2.34. The molecule has 1 aromatic carbocycles. The fourth-order valence-electron chi connectivity index (χ4n) is 3.23. The lowest BCUT2D eigenvalue weighted by molar-refractivity contribution is 0.102. The number of carbonyl (C=O) groups is 1. The van der Waals surface area contributed by atoms with E-state index < -0.39 is 5.54 Å². The number of hydroxylamine groups is 1. The van der Waals surface area contributed by atoms with Crippen molar-refractivity contribution in [3.05, 3.63) is 65.6 Å². The van der Waals surface area contributed by atoms with E-state index in [2.05, 4.69) is 20.8 Å². The van der Waals surface area contributed by atoms with Gasteiger partial charge in [0.25, 0.3) is 5.91 Å². The Labute approximate surface area is 161 Å². The van der Waals surface area contributed by atoms with Crippen molar-refractivity contribution in [3.8, 4) is 0 Å². The topological polar surface area (TPSA) is 106 Å². The van der Waals surface area contributed by atoms with Gasteiger partial charge in [0.2, 0.25) is 5.90 Å². The Kier molecular flexibility index (Phi) is 3.71. The smallest absolute Gasteiger partial charge is 0.274 e. The number of aryl methyl sites for hydroxylation is 1. The number of rotatable bonds is 4. The molecule has 142 valence electrons. The number of hydrogen-bond donors (Lipinski definition) is 3. The number of imidazole rings is 1. The Morgan fingerprint density at radius 3 is 3.04 bits per heavy atom. The van der Waals surface area contributed by atoms with Crippen LogP contribution in [0.15, 0.2) is 53.8 Å². The SMILES string of the molecule is Cc1ccc(C2N=C(C3(N)CC3)ON2)cc1NC(=O)c1cnc2ccccn12. The number of amides is 1. The van der Waals surface area contributed by atoms with Crippen molar-refractivity contribution in [2.75, 3.05) is 5.32 Å². The highest BCUT2D eigenvalue weighted by Crippen LogP contribution is 2.37. The Bertz CT molecular complexity index is 1110. The summed E-state index contributed by atoms with van der Waals surface area (Å²) >= 11 is 0. The first-order chi connectivity index (χ1) is 13.5. The number of anilines is 1. The Hall–Kier alpha value is -3.23. The van der Waals surface area contributed by atoms with Gasteiger partial charge in [-0.15, -0.1) is 5.48 Å². The maximum atomic E-state index is 12.8. The molecule has 1 amide bonds. The van der Waals surface area contributed by atoms with Crippen molar-refractivity contribution in [1.29, 1.82) is 0 Å². The summed E-state index contributed by atoms with van der Waals surface area (Å²) < 4.78 is 1.76. The number of nitrogens with two attached hydrogens (primary N) is 1. The quantitative estimate of drug-likeness (QED) is 0.648. The van der Waals surface area contributed by atoms with Gasteiger partial charge in [0, 0.05) is 11.9 Å². The third kappa shape index (κ3) is 2.83. The van der Waals surface area contributed by atoms with Crippen LogP contribution in [0.4, 0.5) is 5.69 Å². The molecule has 1 saturated carbocycles. The maximum Gasteiger partial charge on any atom is 0.274 e. The fraction of sp³-hybridized carbons (Fsp3) is 0.250. The van der Waals surface area contributed by atoms with Gasteiger partial charge in [0.1, 0.15) is 11.3 Å². The molecule has 8 heteroatoms. The zero-order chi connectivity index (χ0) is 19.3. The highest BCUT2D eigenvalue weighted by Gasteiger charge is 2.48. The van der Waals surface area contributed by atoms with Crippen LogP contribution in [0.2, 0.25) is 0 Å². The molecular formula is C20H20N6O2. The molecule has 1 aliphatic carbocycles. The second-order valence-electron chi connectivity index (χ2n) is 7.31. The van der Waals surface area contributed by atoms with Gasteiger partial charge >= 0.3 is 0 Å². The van der Waals surface area contributed by atoms with Crippen LogP contribution in [0.3, 0.4) is 0 Å². The summed E-state index contributed by atoms with van der Waals surface area (Å²) in [7, 11) is 0. The molecular weight excluding hydrogens is 356 g/mol. The van der Waals surface area contributed by atoms with Crippen molar-refractivity contribution < 1.29 is 9.63 Å². The van der Waals surface area contributed by atoms with E-state index in [9.17, 15) is 4.79 Å². The molecule has 0 saturated heterocycles. The van der Waals surface area contributed by atoms with Gasteiger partial charge in [-0.05, 0) is 49.1 Å². The van der Waals surface area contributed by atoms with Crippen LogP contribution >= 0.6 is 0 Å². The van der Waals surface area contributed by atoms with E-state index in [4.69, 9.17) is 10.6 Å². The van der Waals surface area contributed by atoms with Crippen molar-refractivity contribution in [1.82, 2.24) is 14.9 Å². The van der Waals surface area contributed by atoms with E-state index in [0.717, 1.165) is 29.6 Å². The van der Waals surface area contributed by atoms with Crippen LogP contribution in [0.1, 0.15) is 40.6 Å². The Morgan fingerprint density at radius 2 is 2.21 bits per heavy atom. The van der Waals surface area contributed by atoms with E-state index in [0.29, 0.717) is 17.3 Å². The van der Waals surface area contributed by atoms with Gasteiger partial charge in [-0.25, -0.2) is 9.98 Å². The summed E-state index contributed by atoms with van der Waals surface area (Å²) in [5, 5.41) is 2.98. The molecule has 5 rings (SSSR count). The molecule has 3 heterocycles. The molecule has 1 unspecified atom stereocenters. The minimum Gasteiger partial charge on any atom is -0.389 e. The molecule has 0 spiro atoms. The number of hydrogen-bond acceptors (Lipinski definition) is 6. The molecule has 28 heavy (non-hydrogen) atoms. The first kappa shape index (κ1) is 16.9. The third-order valence-electron chi connectivity index (χ3n) is 5.20. The van der Waals surface area contributed by atoms with Crippen LogP contribution in [0.5, 0.6) is 0 Å². The van der Waals surface area contributed by atoms with E-state index in [1.54, 1.807) is 10.6 Å². The fourth-order valence-corrected chi connectivity index (χ4v) is 3.23. The Morgan fingerprint density at radius 1 is 1.36 bits per heavy atom. The van der Waals surface area contributed by atoms with Gasteiger partial charge in [-0.2, -0.15) is 0 Å². The van der Waals surface area contributed by atoms with Gasteiger partial charge in [0.15, 0.2) is 6.17 Å². The summed E-state index contributed by atoms with van der Waals surface area (Å²) in [5.41, 5.74) is 12.4. The molecule has 0 bridgehead atoms. The number of benzene rings is 1. The minimum atomic E-state index is -0.424.